The molecule has 0 atom stereocenters. The number of rotatable bonds is 15. The van der Waals surface area contributed by atoms with Crippen LogP contribution < -0.4 is 0 Å². The molecular formula is C27H46O3Si2. The van der Waals surface area contributed by atoms with E-state index in [9.17, 15) is 4.79 Å². The summed E-state index contributed by atoms with van der Waals surface area (Å²) in [6.07, 6.45) is 5.82. The van der Waals surface area contributed by atoms with Gasteiger partial charge in [0, 0.05) is 6.08 Å². The third-order valence-electron chi connectivity index (χ3n) is 7.79. The zero-order chi connectivity index (χ0) is 24.0. The second kappa shape index (κ2) is 14.5. The molecule has 5 heteroatoms. The molecule has 0 radical (unpaired) electrons. The Balaban J connectivity index is 3.51. The topological polar surface area (TPSA) is 35.5 Å². The van der Waals surface area contributed by atoms with Crippen molar-refractivity contribution in [1.82, 2.24) is 0 Å². The van der Waals surface area contributed by atoms with Crippen LogP contribution >= 0.6 is 0 Å². The van der Waals surface area contributed by atoms with E-state index < -0.39 is 16.1 Å². The van der Waals surface area contributed by atoms with E-state index in [0.717, 1.165) is 11.3 Å². The van der Waals surface area contributed by atoms with Crippen molar-refractivity contribution in [3.8, 4) is 0 Å². The second-order valence-electron chi connectivity index (χ2n) is 8.75. The van der Waals surface area contributed by atoms with Gasteiger partial charge in [0.25, 0.3) is 0 Å². The van der Waals surface area contributed by atoms with Crippen molar-refractivity contribution in [2.75, 3.05) is 6.61 Å². The molecule has 1 rings (SSSR count). The minimum absolute atomic E-state index is 0.312. The predicted molar refractivity (Wildman–Crippen MR) is 143 cm³/mol. The summed E-state index contributed by atoms with van der Waals surface area (Å²) in [5.41, 5.74) is 1.13. The van der Waals surface area contributed by atoms with Crippen LogP contribution in [0.25, 0.3) is 0 Å². The molecule has 32 heavy (non-hydrogen) atoms. The van der Waals surface area contributed by atoms with Crippen molar-refractivity contribution in [3.05, 3.63) is 59.9 Å². The van der Waals surface area contributed by atoms with E-state index in [4.69, 9.17) is 9.47 Å². The second-order valence-corrected chi connectivity index (χ2v) is 20.3. The van der Waals surface area contributed by atoms with Crippen LogP contribution in [-0.2, 0) is 20.9 Å². The molecule has 3 nitrogen and oxygen atoms in total. The fraction of sp³-hybridized carbons (Fsp3) is 0.593. The van der Waals surface area contributed by atoms with E-state index in [1.54, 1.807) is 0 Å². The summed E-state index contributed by atoms with van der Waals surface area (Å²) in [6, 6.07) is 18.0. The van der Waals surface area contributed by atoms with Gasteiger partial charge >= 0.3 is 5.97 Å². The average Bonchev–Trinajstić information content (AvgIpc) is 2.84. The molecule has 0 saturated heterocycles. The zero-order valence-electron chi connectivity index (χ0n) is 21.6. The minimum Gasteiger partial charge on any atom is -0.489 e. The van der Waals surface area contributed by atoms with Crippen molar-refractivity contribution in [2.45, 2.75) is 96.5 Å². The van der Waals surface area contributed by atoms with E-state index >= 15 is 0 Å². The Bertz CT molecular complexity index is 683. The largest absolute Gasteiger partial charge is 0.489 e. The molecule has 0 aromatic heterocycles. The number of allylic oxidation sites excluding steroid dienone is 2. The van der Waals surface area contributed by atoms with Gasteiger partial charge in [0.1, 0.15) is 12.4 Å². The van der Waals surface area contributed by atoms with Crippen molar-refractivity contribution < 1.29 is 14.3 Å². The van der Waals surface area contributed by atoms with Gasteiger partial charge < -0.3 is 9.47 Å². The first-order valence-electron chi connectivity index (χ1n) is 12.6. The Morgan fingerprint density at radius 3 is 1.72 bits per heavy atom. The molecule has 0 aliphatic carbocycles. The van der Waals surface area contributed by atoms with Crippen LogP contribution in [0.2, 0.25) is 41.4 Å². The minimum atomic E-state index is -1.53. The SMILES string of the molecule is CCOC(=O)/C=C/C(=C/C([Si](CC)(CC)CC)[Si](CC)(CC)CC)OCc1ccccc1. The van der Waals surface area contributed by atoms with Crippen molar-refractivity contribution in [3.63, 3.8) is 0 Å². The molecule has 1 aromatic carbocycles. The summed E-state index contributed by atoms with van der Waals surface area (Å²) in [6.45, 7) is 17.1. The maximum atomic E-state index is 12.1. The lowest BCUT2D eigenvalue weighted by Crippen LogP contribution is -2.52. The van der Waals surface area contributed by atoms with Gasteiger partial charge in [-0.3, -0.25) is 0 Å². The highest BCUT2D eigenvalue weighted by atomic mass is 28.4. The molecule has 0 unspecified atom stereocenters. The van der Waals surface area contributed by atoms with Crippen LogP contribution in [0, 0.1) is 0 Å². The Kier molecular flexibility index (Phi) is 12.9. The molecular weight excluding hydrogens is 428 g/mol. The molecule has 0 aliphatic heterocycles. The fourth-order valence-electron chi connectivity index (χ4n) is 5.22. The highest BCUT2D eigenvalue weighted by Gasteiger charge is 2.47. The van der Waals surface area contributed by atoms with Crippen LogP contribution in [0.5, 0.6) is 0 Å². The smallest absolute Gasteiger partial charge is 0.330 e. The van der Waals surface area contributed by atoms with Crippen molar-refractivity contribution in [2.24, 2.45) is 0 Å². The Labute approximate surface area is 199 Å². The van der Waals surface area contributed by atoms with E-state index in [0.29, 0.717) is 18.4 Å². The van der Waals surface area contributed by atoms with Gasteiger partial charge in [0.15, 0.2) is 0 Å². The van der Waals surface area contributed by atoms with Gasteiger partial charge in [-0.1, -0.05) is 108 Å². The lowest BCUT2D eigenvalue weighted by atomic mass is 10.2. The third-order valence-corrected chi connectivity index (χ3v) is 22.9. The first-order chi connectivity index (χ1) is 15.4. The number of ether oxygens (including phenoxy) is 2. The van der Waals surface area contributed by atoms with Gasteiger partial charge in [-0.2, -0.15) is 0 Å². The van der Waals surface area contributed by atoms with E-state index in [-0.39, 0.29) is 5.97 Å². The molecule has 0 spiro atoms. The van der Waals surface area contributed by atoms with Gasteiger partial charge in [-0.05, 0) is 29.8 Å². The van der Waals surface area contributed by atoms with Crippen molar-refractivity contribution in [1.29, 1.82) is 0 Å². The lowest BCUT2D eigenvalue weighted by molar-refractivity contribution is -0.137. The first kappa shape index (κ1) is 28.4. The molecule has 180 valence electrons. The normalized spacial score (nSPS) is 13.1. The van der Waals surface area contributed by atoms with Crippen LogP contribution in [0.3, 0.4) is 0 Å². The summed E-state index contributed by atoms with van der Waals surface area (Å²) in [5, 5.41) is 0.632. The first-order valence-corrected chi connectivity index (χ1v) is 18.0. The van der Waals surface area contributed by atoms with Crippen molar-refractivity contribution >= 4 is 22.1 Å². The van der Waals surface area contributed by atoms with E-state index in [2.05, 4.69) is 59.8 Å². The van der Waals surface area contributed by atoms with Gasteiger partial charge in [0.2, 0.25) is 0 Å². The van der Waals surface area contributed by atoms with Gasteiger partial charge in [-0.15, -0.1) is 0 Å². The fourth-order valence-corrected chi connectivity index (χ4v) is 20.8. The summed E-state index contributed by atoms with van der Waals surface area (Å²) in [7, 11) is -3.06. The Morgan fingerprint density at radius 2 is 1.28 bits per heavy atom. The maximum Gasteiger partial charge on any atom is 0.330 e. The summed E-state index contributed by atoms with van der Waals surface area (Å²) < 4.78 is 11.5. The van der Waals surface area contributed by atoms with Gasteiger partial charge in [0.05, 0.1) is 22.8 Å². The Morgan fingerprint density at radius 1 is 0.781 bits per heavy atom. The summed E-state index contributed by atoms with van der Waals surface area (Å²) in [4.78, 5) is 12.1. The van der Waals surface area contributed by atoms with Crippen LogP contribution in [-0.4, -0.2) is 28.7 Å². The average molecular weight is 475 g/mol. The highest BCUT2D eigenvalue weighted by Crippen LogP contribution is 2.46. The number of hydrogen-bond donors (Lipinski definition) is 0. The zero-order valence-corrected chi connectivity index (χ0v) is 23.6. The van der Waals surface area contributed by atoms with Crippen LogP contribution in [0.1, 0.15) is 54.0 Å². The lowest BCUT2D eigenvalue weighted by Gasteiger charge is -2.47. The van der Waals surface area contributed by atoms with E-state index in [1.807, 2.05) is 31.2 Å². The Hall–Kier alpha value is -1.60. The summed E-state index contributed by atoms with van der Waals surface area (Å²) in [5.74, 6) is 0.514. The van der Waals surface area contributed by atoms with Gasteiger partial charge in [-0.25, -0.2) is 4.79 Å². The molecule has 0 aliphatic rings. The monoisotopic (exact) mass is 474 g/mol. The number of hydrogen-bond acceptors (Lipinski definition) is 3. The standard InChI is InChI=1S/C27H46O3Si2/c1-8-29-26(28)21-20-25(30-23-24-18-16-15-17-19-24)22-27(31(9-2,10-3)11-4)32(12-5,13-6)14-7/h15-22,27H,8-14,23H2,1-7H3/b21-20+,25-22-. The molecule has 0 fully saturated rings. The van der Waals surface area contributed by atoms with E-state index in [1.165, 1.54) is 42.3 Å². The number of carbonyl (C=O) groups excluding carboxylic acids is 1. The quantitative estimate of drug-likeness (QED) is 0.0846. The maximum absolute atomic E-state index is 12.1. The molecule has 0 bridgehead atoms. The number of benzene rings is 1. The molecule has 1 aromatic rings. The highest BCUT2D eigenvalue weighted by molar-refractivity contribution is 7.00. The molecule has 0 amide bonds. The molecule has 0 heterocycles. The van der Waals surface area contributed by atoms with Crippen LogP contribution in [0.15, 0.2) is 54.3 Å². The summed E-state index contributed by atoms with van der Waals surface area (Å²) >= 11 is 0. The predicted octanol–water partition coefficient (Wildman–Crippen LogP) is 8.13. The molecule has 0 N–H and O–H groups in total. The van der Waals surface area contributed by atoms with Crippen LogP contribution in [0.4, 0.5) is 0 Å². The third kappa shape index (κ3) is 7.48. The number of carbonyl (C=O) groups is 1. The molecule has 0 saturated carbocycles. The number of esters is 1.